The number of rotatable bonds is 3. The molecule has 2 aromatic heterocycles. The smallest absolute Gasteiger partial charge is 0.128 e. The van der Waals surface area contributed by atoms with E-state index in [0.717, 1.165) is 22.5 Å². The number of hydrogen-bond donors (Lipinski definition) is 2. The van der Waals surface area contributed by atoms with E-state index in [2.05, 4.69) is 26.2 Å². The van der Waals surface area contributed by atoms with E-state index in [1.54, 1.807) is 23.6 Å². The third kappa shape index (κ3) is 2.70. The third-order valence-electron chi connectivity index (χ3n) is 1.91. The molecule has 0 bridgehead atoms. The first-order valence-corrected chi connectivity index (χ1v) is 6.10. The standard InChI is InChI=1S/C10H10BrN3S/c11-8-2-4-15-9(8)6-14-10-5-7(12)1-3-13-10/h1-5H,6H2,(H3,12,13,14). The molecule has 0 aliphatic heterocycles. The van der Waals surface area contributed by atoms with Gasteiger partial charge >= 0.3 is 0 Å². The highest BCUT2D eigenvalue weighted by Gasteiger charge is 2.01. The zero-order valence-corrected chi connectivity index (χ0v) is 10.3. The van der Waals surface area contributed by atoms with Crippen molar-refractivity contribution in [3.63, 3.8) is 0 Å². The molecule has 0 atom stereocenters. The molecule has 0 amide bonds. The summed E-state index contributed by atoms with van der Waals surface area (Å²) in [6.07, 6.45) is 1.70. The largest absolute Gasteiger partial charge is 0.399 e. The Bertz CT molecular complexity index is 455. The summed E-state index contributed by atoms with van der Waals surface area (Å²) in [5, 5.41) is 5.27. The highest BCUT2D eigenvalue weighted by molar-refractivity contribution is 9.10. The molecule has 15 heavy (non-hydrogen) atoms. The van der Waals surface area contributed by atoms with Crippen molar-refractivity contribution in [2.45, 2.75) is 6.54 Å². The van der Waals surface area contributed by atoms with Crippen LogP contribution in [0.25, 0.3) is 0 Å². The van der Waals surface area contributed by atoms with E-state index in [4.69, 9.17) is 5.73 Å². The average Bonchev–Trinajstić information content (AvgIpc) is 2.61. The Hall–Kier alpha value is -1.07. The van der Waals surface area contributed by atoms with Gasteiger partial charge in [-0.3, -0.25) is 0 Å². The topological polar surface area (TPSA) is 50.9 Å². The third-order valence-corrected chi connectivity index (χ3v) is 3.83. The predicted molar refractivity (Wildman–Crippen MR) is 68.0 cm³/mol. The molecule has 2 aromatic rings. The Labute approximate surface area is 100 Å². The van der Waals surface area contributed by atoms with Crippen LogP contribution in [0.5, 0.6) is 0 Å². The van der Waals surface area contributed by atoms with Crippen molar-refractivity contribution >= 4 is 38.8 Å². The molecule has 3 N–H and O–H groups in total. The summed E-state index contributed by atoms with van der Waals surface area (Å²) in [6, 6.07) is 5.63. The van der Waals surface area contributed by atoms with Gasteiger partial charge in [-0.2, -0.15) is 0 Å². The zero-order chi connectivity index (χ0) is 10.7. The Morgan fingerprint density at radius 2 is 2.33 bits per heavy atom. The number of nitrogen functional groups attached to an aromatic ring is 1. The Morgan fingerprint density at radius 3 is 3.00 bits per heavy atom. The van der Waals surface area contributed by atoms with Crippen molar-refractivity contribution in [1.29, 1.82) is 0 Å². The first-order valence-electron chi connectivity index (χ1n) is 4.43. The van der Waals surface area contributed by atoms with Crippen LogP contribution in [0.15, 0.2) is 34.2 Å². The van der Waals surface area contributed by atoms with Crippen LogP contribution in [0.2, 0.25) is 0 Å². The molecule has 0 saturated heterocycles. The molecule has 0 saturated carbocycles. The minimum Gasteiger partial charge on any atom is -0.399 e. The molecular formula is C10H10BrN3S. The van der Waals surface area contributed by atoms with Gasteiger partial charge < -0.3 is 11.1 Å². The lowest BCUT2D eigenvalue weighted by atomic mass is 10.4. The summed E-state index contributed by atoms with van der Waals surface area (Å²) in [7, 11) is 0. The fraction of sp³-hybridized carbons (Fsp3) is 0.100. The van der Waals surface area contributed by atoms with E-state index in [0.29, 0.717) is 0 Å². The fourth-order valence-corrected chi connectivity index (χ4v) is 2.60. The highest BCUT2D eigenvalue weighted by atomic mass is 79.9. The van der Waals surface area contributed by atoms with Crippen molar-refractivity contribution < 1.29 is 0 Å². The Morgan fingerprint density at radius 1 is 1.47 bits per heavy atom. The Kier molecular flexibility index (Phi) is 3.23. The summed E-state index contributed by atoms with van der Waals surface area (Å²) in [6.45, 7) is 0.759. The number of thiophene rings is 1. The molecule has 0 unspecified atom stereocenters. The maximum atomic E-state index is 5.65. The number of halogens is 1. The maximum absolute atomic E-state index is 5.65. The van der Waals surface area contributed by atoms with Gasteiger partial charge in [0.2, 0.25) is 0 Å². The summed E-state index contributed by atoms with van der Waals surface area (Å²) < 4.78 is 1.13. The van der Waals surface area contributed by atoms with Crippen LogP contribution >= 0.6 is 27.3 Å². The summed E-state index contributed by atoms with van der Waals surface area (Å²) in [5.41, 5.74) is 6.37. The quantitative estimate of drug-likeness (QED) is 0.910. The predicted octanol–water partition coefficient (Wildman–Crippen LogP) is 3.10. The van der Waals surface area contributed by atoms with Crippen molar-refractivity contribution in [3.05, 3.63) is 39.1 Å². The molecule has 0 aromatic carbocycles. The first-order chi connectivity index (χ1) is 7.25. The van der Waals surface area contributed by atoms with Crippen molar-refractivity contribution in [3.8, 4) is 0 Å². The van der Waals surface area contributed by atoms with Gasteiger partial charge in [0.25, 0.3) is 0 Å². The molecule has 3 nitrogen and oxygen atoms in total. The lowest BCUT2D eigenvalue weighted by Gasteiger charge is -2.04. The van der Waals surface area contributed by atoms with E-state index >= 15 is 0 Å². The highest BCUT2D eigenvalue weighted by Crippen LogP contribution is 2.23. The molecule has 0 aliphatic carbocycles. The Balaban J connectivity index is 2.02. The molecular weight excluding hydrogens is 274 g/mol. The maximum Gasteiger partial charge on any atom is 0.128 e. The summed E-state index contributed by atoms with van der Waals surface area (Å²) in [4.78, 5) is 5.42. The lowest BCUT2D eigenvalue weighted by molar-refractivity contribution is 1.14. The van der Waals surface area contributed by atoms with Crippen LogP contribution in [-0.4, -0.2) is 4.98 Å². The van der Waals surface area contributed by atoms with E-state index in [9.17, 15) is 0 Å². The normalized spacial score (nSPS) is 10.2. The summed E-state index contributed by atoms with van der Waals surface area (Å²) >= 11 is 5.18. The van der Waals surface area contributed by atoms with E-state index in [-0.39, 0.29) is 0 Å². The van der Waals surface area contributed by atoms with Crippen LogP contribution in [0, 0.1) is 0 Å². The monoisotopic (exact) mass is 283 g/mol. The van der Waals surface area contributed by atoms with Crippen LogP contribution in [0.4, 0.5) is 11.5 Å². The molecule has 78 valence electrons. The number of pyridine rings is 1. The molecule has 0 radical (unpaired) electrons. The van der Waals surface area contributed by atoms with Crippen LogP contribution in [0.1, 0.15) is 4.88 Å². The van der Waals surface area contributed by atoms with Crippen LogP contribution in [0.3, 0.4) is 0 Å². The summed E-state index contributed by atoms with van der Waals surface area (Å²) in [5.74, 6) is 0.801. The van der Waals surface area contributed by atoms with Gasteiger partial charge in [-0.25, -0.2) is 4.98 Å². The molecule has 2 heterocycles. The second kappa shape index (κ2) is 4.63. The fourth-order valence-electron chi connectivity index (χ4n) is 1.17. The number of aromatic nitrogens is 1. The van der Waals surface area contributed by atoms with Gasteiger partial charge in [0.05, 0.1) is 6.54 Å². The van der Waals surface area contributed by atoms with Crippen LogP contribution < -0.4 is 11.1 Å². The number of nitrogens with zero attached hydrogens (tertiary/aromatic N) is 1. The molecule has 0 aliphatic rings. The van der Waals surface area contributed by atoms with Crippen LogP contribution in [-0.2, 0) is 6.54 Å². The van der Waals surface area contributed by atoms with E-state index in [1.165, 1.54) is 4.88 Å². The van der Waals surface area contributed by atoms with Gasteiger partial charge in [0, 0.05) is 27.3 Å². The van der Waals surface area contributed by atoms with Crippen molar-refractivity contribution in [2.75, 3.05) is 11.1 Å². The molecule has 2 rings (SSSR count). The van der Waals surface area contributed by atoms with Gasteiger partial charge in [0.15, 0.2) is 0 Å². The second-order valence-electron chi connectivity index (χ2n) is 3.02. The number of nitrogens with one attached hydrogen (secondary N) is 1. The molecule has 0 spiro atoms. The van der Waals surface area contributed by atoms with Gasteiger partial charge in [-0.1, -0.05) is 0 Å². The lowest BCUT2D eigenvalue weighted by Crippen LogP contribution is -2.00. The van der Waals surface area contributed by atoms with Crippen molar-refractivity contribution in [1.82, 2.24) is 4.98 Å². The SMILES string of the molecule is Nc1ccnc(NCc2sccc2Br)c1. The van der Waals surface area contributed by atoms with Gasteiger partial charge in [0.1, 0.15) is 5.82 Å². The van der Waals surface area contributed by atoms with E-state index < -0.39 is 0 Å². The molecule has 5 heteroatoms. The van der Waals surface area contributed by atoms with Crippen molar-refractivity contribution in [2.24, 2.45) is 0 Å². The van der Waals surface area contributed by atoms with Gasteiger partial charge in [-0.05, 0) is 33.4 Å². The zero-order valence-electron chi connectivity index (χ0n) is 7.90. The average molecular weight is 284 g/mol. The minimum atomic E-state index is 0.720. The first kappa shape index (κ1) is 10.4. The van der Waals surface area contributed by atoms with Gasteiger partial charge in [-0.15, -0.1) is 11.3 Å². The molecule has 0 fully saturated rings. The second-order valence-corrected chi connectivity index (χ2v) is 4.87. The number of nitrogens with two attached hydrogens (primary N) is 1. The minimum absolute atomic E-state index is 0.720. The van der Waals surface area contributed by atoms with E-state index in [1.807, 2.05) is 17.5 Å². The number of hydrogen-bond acceptors (Lipinski definition) is 4. The number of anilines is 2.